The maximum atomic E-state index is 11.9. The third kappa shape index (κ3) is 4.81. The van der Waals surface area contributed by atoms with E-state index in [9.17, 15) is 14.7 Å². The number of carbonyl (C=O) groups excluding carboxylic acids is 2. The van der Waals surface area contributed by atoms with Crippen molar-refractivity contribution in [3.8, 4) is 5.75 Å². The van der Waals surface area contributed by atoms with Crippen LogP contribution in [0.15, 0.2) is 35.7 Å². The predicted molar refractivity (Wildman–Crippen MR) is 93.3 cm³/mol. The minimum absolute atomic E-state index is 0.0170. The van der Waals surface area contributed by atoms with Gasteiger partial charge in [0.25, 0.3) is 0 Å². The number of carbonyl (C=O) groups is 2. The van der Waals surface area contributed by atoms with Gasteiger partial charge in [0.05, 0.1) is 6.61 Å². The molecule has 7 heteroatoms. The van der Waals surface area contributed by atoms with E-state index in [0.29, 0.717) is 18.0 Å². The van der Waals surface area contributed by atoms with Crippen LogP contribution in [0, 0.1) is 6.92 Å². The lowest BCUT2D eigenvalue weighted by atomic mass is 10.2. The van der Waals surface area contributed by atoms with Gasteiger partial charge in [0.1, 0.15) is 11.9 Å². The van der Waals surface area contributed by atoms with Gasteiger partial charge in [-0.25, -0.2) is 0 Å². The Bertz CT molecular complexity index is 697. The van der Waals surface area contributed by atoms with E-state index in [1.165, 1.54) is 11.3 Å². The van der Waals surface area contributed by atoms with Crippen molar-refractivity contribution in [3.63, 3.8) is 0 Å². The van der Waals surface area contributed by atoms with Crippen LogP contribution in [0.3, 0.4) is 0 Å². The predicted octanol–water partition coefficient (Wildman–Crippen LogP) is 2.24. The summed E-state index contributed by atoms with van der Waals surface area (Å²) in [5.74, 6) is -0.888. The van der Waals surface area contributed by atoms with Gasteiger partial charge in [-0.05, 0) is 55.1 Å². The van der Waals surface area contributed by atoms with Gasteiger partial charge < -0.3 is 20.5 Å². The molecule has 0 saturated carbocycles. The van der Waals surface area contributed by atoms with Crippen LogP contribution >= 0.6 is 11.3 Å². The summed E-state index contributed by atoms with van der Waals surface area (Å²) in [6, 6.07) is 8.62. The zero-order chi connectivity index (χ0) is 17.5. The summed E-state index contributed by atoms with van der Waals surface area (Å²) in [5, 5.41) is 16.8. The van der Waals surface area contributed by atoms with Crippen molar-refractivity contribution < 1.29 is 19.4 Å². The number of hydrogen-bond acceptors (Lipinski definition) is 5. The van der Waals surface area contributed by atoms with E-state index >= 15 is 0 Å². The quantitative estimate of drug-likeness (QED) is 0.699. The molecule has 2 rings (SSSR count). The molecule has 24 heavy (non-hydrogen) atoms. The maximum Gasteiger partial charge on any atom is 0.313 e. The number of nitrogens with one attached hydrogen (secondary N) is 2. The summed E-state index contributed by atoms with van der Waals surface area (Å²) in [7, 11) is 0. The fraction of sp³-hybridized carbons (Fsp3) is 0.294. The van der Waals surface area contributed by atoms with Crippen molar-refractivity contribution >= 4 is 28.8 Å². The number of rotatable bonds is 6. The Labute approximate surface area is 144 Å². The van der Waals surface area contributed by atoms with Gasteiger partial charge in [-0.1, -0.05) is 0 Å². The molecule has 0 aliphatic carbocycles. The summed E-state index contributed by atoms with van der Waals surface area (Å²) in [4.78, 5) is 24.5. The minimum atomic E-state index is -0.827. The van der Waals surface area contributed by atoms with Crippen molar-refractivity contribution in [1.29, 1.82) is 0 Å². The standard InChI is InChI=1S/C17H20N2O4S/c1-3-23-13-6-4-12(5-7-13)19-17(22)16(21)18-10-14(20)15-11(2)8-9-24-15/h4-9,14,20H,3,10H2,1-2H3,(H,18,21)(H,19,22). The van der Waals surface area contributed by atoms with Crippen LogP contribution in [-0.4, -0.2) is 30.1 Å². The zero-order valence-electron chi connectivity index (χ0n) is 13.5. The van der Waals surface area contributed by atoms with Crippen LogP contribution in [0.25, 0.3) is 0 Å². The molecule has 128 valence electrons. The first kappa shape index (κ1) is 18.0. The second-order valence-electron chi connectivity index (χ2n) is 5.11. The molecular formula is C17H20N2O4S. The Morgan fingerprint density at radius 3 is 2.50 bits per heavy atom. The van der Waals surface area contributed by atoms with Crippen molar-refractivity contribution in [2.75, 3.05) is 18.5 Å². The topological polar surface area (TPSA) is 87.7 Å². The third-order valence-corrected chi connectivity index (χ3v) is 4.41. The van der Waals surface area contributed by atoms with Gasteiger partial charge in [0.2, 0.25) is 0 Å². The summed E-state index contributed by atoms with van der Waals surface area (Å²) in [5.41, 5.74) is 1.45. The van der Waals surface area contributed by atoms with E-state index < -0.39 is 17.9 Å². The molecule has 0 saturated heterocycles. The molecule has 0 aliphatic heterocycles. The summed E-state index contributed by atoms with van der Waals surface area (Å²) >= 11 is 1.41. The molecule has 0 radical (unpaired) electrons. The molecule has 0 aliphatic rings. The molecule has 2 aromatic rings. The number of thiophene rings is 1. The molecule has 3 N–H and O–H groups in total. The molecule has 1 atom stereocenters. The van der Waals surface area contributed by atoms with Crippen LogP contribution in [0.2, 0.25) is 0 Å². The second kappa shape index (κ2) is 8.47. The number of benzene rings is 1. The molecule has 1 heterocycles. The molecule has 1 unspecified atom stereocenters. The lowest BCUT2D eigenvalue weighted by molar-refractivity contribution is -0.136. The fourth-order valence-electron chi connectivity index (χ4n) is 2.08. The van der Waals surface area contributed by atoms with E-state index in [1.54, 1.807) is 24.3 Å². The first-order valence-corrected chi connectivity index (χ1v) is 8.43. The Morgan fingerprint density at radius 1 is 1.21 bits per heavy atom. The minimum Gasteiger partial charge on any atom is -0.494 e. The largest absolute Gasteiger partial charge is 0.494 e. The van der Waals surface area contributed by atoms with Crippen molar-refractivity contribution in [2.24, 2.45) is 0 Å². The number of hydrogen-bond donors (Lipinski definition) is 3. The normalized spacial score (nSPS) is 11.6. The first-order valence-electron chi connectivity index (χ1n) is 7.55. The van der Waals surface area contributed by atoms with Crippen molar-refractivity contribution in [3.05, 3.63) is 46.2 Å². The zero-order valence-corrected chi connectivity index (χ0v) is 14.4. The fourth-order valence-corrected chi connectivity index (χ4v) is 2.99. The van der Waals surface area contributed by atoms with E-state index in [1.807, 2.05) is 25.3 Å². The summed E-state index contributed by atoms with van der Waals surface area (Å²) < 4.78 is 5.30. The van der Waals surface area contributed by atoms with Gasteiger partial charge in [0.15, 0.2) is 0 Å². The molecular weight excluding hydrogens is 328 g/mol. The molecule has 1 aromatic heterocycles. The lowest BCUT2D eigenvalue weighted by Crippen LogP contribution is -2.37. The Kier molecular flexibility index (Phi) is 6.34. The molecule has 0 spiro atoms. The SMILES string of the molecule is CCOc1ccc(NC(=O)C(=O)NCC(O)c2sccc2C)cc1. The highest BCUT2D eigenvalue weighted by Crippen LogP contribution is 2.23. The highest BCUT2D eigenvalue weighted by Gasteiger charge is 2.17. The van der Waals surface area contributed by atoms with Crippen LogP contribution in [0.5, 0.6) is 5.75 Å². The monoisotopic (exact) mass is 348 g/mol. The lowest BCUT2D eigenvalue weighted by Gasteiger charge is -2.11. The number of ether oxygens (including phenoxy) is 1. The van der Waals surface area contributed by atoms with Gasteiger partial charge in [-0.3, -0.25) is 9.59 Å². The van der Waals surface area contributed by atoms with Crippen LogP contribution in [0.4, 0.5) is 5.69 Å². The van der Waals surface area contributed by atoms with Crippen molar-refractivity contribution in [1.82, 2.24) is 5.32 Å². The highest BCUT2D eigenvalue weighted by atomic mass is 32.1. The second-order valence-corrected chi connectivity index (χ2v) is 6.05. The maximum absolute atomic E-state index is 11.9. The van der Waals surface area contributed by atoms with Gasteiger partial charge in [0, 0.05) is 17.1 Å². The van der Waals surface area contributed by atoms with Gasteiger partial charge in [-0.15, -0.1) is 11.3 Å². The Morgan fingerprint density at radius 2 is 1.92 bits per heavy atom. The number of aliphatic hydroxyl groups excluding tert-OH is 1. The molecule has 0 bridgehead atoms. The average molecular weight is 348 g/mol. The Hall–Kier alpha value is -2.38. The molecule has 6 nitrogen and oxygen atoms in total. The highest BCUT2D eigenvalue weighted by molar-refractivity contribution is 7.10. The third-order valence-electron chi connectivity index (χ3n) is 3.29. The van der Waals surface area contributed by atoms with E-state index in [-0.39, 0.29) is 6.54 Å². The number of anilines is 1. The van der Waals surface area contributed by atoms with E-state index in [2.05, 4.69) is 10.6 Å². The number of aryl methyl sites for hydroxylation is 1. The average Bonchev–Trinajstić information content (AvgIpc) is 3.00. The van der Waals surface area contributed by atoms with Crippen LogP contribution in [0.1, 0.15) is 23.5 Å². The Balaban J connectivity index is 1.83. The summed E-state index contributed by atoms with van der Waals surface area (Å²) in [6.07, 6.45) is -0.827. The number of aliphatic hydroxyl groups is 1. The van der Waals surface area contributed by atoms with Gasteiger partial charge >= 0.3 is 11.8 Å². The smallest absolute Gasteiger partial charge is 0.313 e. The molecule has 1 aromatic carbocycles. The van der Waals surface area contributed by atoms with E-state index in [0.717, 1.165) is 10.4 Å². The van der Waals surface area contributed by atoms with Crippen molar-refractivity contribution in [2.45, 2.75) is 20.0 Å². The van der Waals surface area contributed by atoms with Crippen LogP contribution < -0.4 is 15.4 Å². The summed E-state index contributed by atoms with van der Waals surface area (Å²) in [6.45, 7) is 4.30. The molecule has 2 amide bonds. The van der Waals surface area contributed by atoms with Gasteiger partial charge in [-0.2, -0.15) is 0 Å². The molecule has 0 fully saturated rings. The number of amides is 2. The van der Waals surface area contributed by atoms with E-state index in [4.69, 9.17) is 4.74 Å². The first-order chi connectivity index (χ1) is 11.5. The van der Waals surface area contributed by atoms with Crippen LogP contribution in [-0.2, 0) is 9.59 Å².